The fourth-order valence-corrected chi connectivity index (χ4v) is 2.65. The largest absolute Gasteiger partial charge is 0.493 e. The van der Waals surface area contributed by atoms with Crippen molar-refractivity contribution in [3.8, 4) is 5.75 Å². The van der Waals surface area contributed by atoms with Gasteiger partial charge in [-0.25, -0.2) is 0 Å². The number of hydrogen-bond donors (Lipinski definition) is 1. The van der Waals surface area contributed by atoms with Crippen molar-refractivity contribution in [2.24, 2.45) is 0 Å². The molecule has 3 rings (SSSR count). The molecule has 1 amide bonds. The molecule has 0 aliphatic carbocycles. The predicted molar refractivity (Wildman–Crippen MR) is 104 cm³/mol. The molecule has 1 N–H and O–H groups in total. The molecule has 2 saturated heterocycles. The van der Waals surface area contributed by atoms with E-state index in [9.17, 15) is 4.79 Å². The van der Waals surface area contributed by atoms with Gasteiger partial charge in [-0.2, -0.15) is 0 Å². The van der Waals surface area contributed by atoms with Crippen LogP contribution in [0.1, 0.15) is 36.0 Å². The second kappa shape index (κ2) is 12.0. The number of carbonyl (C=O) groups excluding carboxylic acids is 1. The normalized spacial score (nSPS) is 20.0. The van der Waals surface area contributed by atoms with Crippen molar-refractivity contribution in [1.82, 2.24) is 5.32 Å². The van der Waals surface area contributed by atoms with Crippen molar-refractivity contribution in [1.29, 1.82) is 0 Å². The van der Waals surface area contributed by atoms with Gasteiger partial charge in [0.15, 0.2) is 0 Å². The highest BCUT2D eigenvalue weighted by Crippen LogP contribution is 2.18. The van der Waals surface area contributed by atoms with Crippen molar-refractivity contribution in [3.05, 3.63) is 29.8 Å². The molecule has 7 heteroatoms. The predicted octanol–water partition coefficient (Wildman–Crippen LogP) is 2.19. The van der Waals surface area contributed by atoms with E-state index < -0.39 is 0 Å². The van der Waals surface area contributed by atoms with E-state index >= 15 is 0 Å². The Balaban J connectivity index is 1.25. The number of unbranched alkanes of at least 4 members (excludes halogenated alkanes) is 2. The Kier molecular flexibility index (Phi) is 9.03. The van der Waals surface area contributed by atoms with Gasteiger partial charge in [-0.3, -0.25) is 4.79 Å². The third kappa shape index (κ3) is 8.56. The summed E-state index contributed by atoms with van der Waals surface area (Å²) < 4.78 is 27.0. The zero-order valence-electron chi connectivity index (χ0n) is 16.4. The molecular weight excluding hydrogens is 362 g/mol. The summed E-state index contributed by atoms with van der Waals surface area (Å²) in [5.41, 5.74) is 0.576. The summed E-state index contributed by atoms with van der Waals surface area (Å²) in [7, 11) is 0. The van der Waals surface area contributed by atoms with Gasteiger partial charge in [-0.15, -0.1) is 0 Å². The molecule has 2 aliphatic heterocycles. The van der Waals surface area contributed by atoms with Crippen LogP contribution >= 0.6 is 0 Å². The lowest BCUT2D eigenvalue weighted by Gasteiger charge is -2.12. The van der Waals surface area contributed by atoms with Crippen molar-refractivity contribution in [2.75, 3.05) is 52.8 Å². The van der Waals surface area contributed by atoms with Crippen LogP contribution in [0.5, 0.6) is 5.75 Å². The smallest absolute Gasteiger partial charge is 0.255 e. The average Bonchev–Trinajstić information content (AvgIpc) is 3.61. The van der Waals surface area contributed by atoms with Gasteiger partial charge in [-0.1, -0.05) is 12.1 Å². The van der Waals surface area contributed by atoms with Gasteiger partial charge < -0.3 is 29.0 Å². The molecule has 0 spiro atoms. The molecule has 2 fully saturated rings. The van der Waals surface area contributed by atoms with Gasteiger partial charge in [0.1, 0.15) is 18.0 Å². The Morgan fingerprint density at radius 2 is 1.54 bits per heavy atom. The van der Waals surface area contributed by atoms with E-state index in [4.69, 9.17) is 23.7 Å². The molecule has 1 aromatic carbocycles. The van der Waals surface area contributed by atoms with Crippen molar-refractivity contribution in [2.45, 2.75) is 37.9 Å². The fraction of sp³-hybridized carbons (Fsp3) is 0.667. The summed E-state index contributed by atoms with van der Waals surface area (Å²) in [6.45, 7) is 5.61. The van der Waals surface area contributed by atoms with Crippen LogP contribution in [-0.4, -0.2) is 70.9 Å². The number of epoxide rings is 2. The zero-order valence-corrected chi connectivity index (χ0v) is 16.4. The molecule has 156 valence electrons. The Morgan fingerprint density at radius 3 is 2.21 bits per heavy atom. The minimum Gasteiger partial charge on any atom is -0.493 e. The lowest BCUT2D eigenvalue weighted by Crippen LogP contribution is -2.25. The third-order valence-corrected chi connectivity index (χ3v) is 4.49. The molecule has 2 aliphatic rings. The maximum Gasteiger partial charge on any atom is 0.255 e. The van der Waals surface area contributed by atoms with Gasteiger partial charge in [0.05, 0.1) is 38.6 Å². The number of para-hydroxylation sites is 1. The first-order valence-corrected chi connectivity index (χ1v) is 10.2. The minimum atomic E-state index is -0.101. The van der Waals surface area contributed by atoms with Crippen LogP contribution < -0.4 is 10.1 Å². The minimum absolute atomic E-state index is 0.101. The van der Waals surface area contributed by atoms with E-state index in [-0.39, 0.29) is 5.91 Å². The van der Waals surface area contributed by atoms with Crippen LogP contribution in [0.15, 0.2) is 24.3 Å². The van der Waals surface area contributed by atoms with Gasteiger partial charge >= 0.3 is 0 Å². The molecule has 0 bridgehead atoms. The summed E-state index contributed by atoms with van der Waals surface area (Å²) in [5.74, 6) is 0.524. The lowest BCUT2D eigenvalue weighted by molar-refractivity contribution is 0.0940. The first-order valence-electron chi connectivity index (χ1n) is 10.2. The zero-order chi connectivity index (χ0) is 19.4. The van der Waals surface area contributed by atoms with Crippen molar-refractivity contribution in [3.63, 3.8) is 0 Å². The first kappa shape index (κ1) is 21.0. The molecule has 0 radical (unpaired) electrons. The lowest BCUT2D eigenvalue weighted by atomic mass is 10.2. The van der Waals surface area contributed by atoms with E-state index in [1.807, 2.05) is 18.2 Å². The Bertz CT molecular complexity index is 588. The van der Waals surface area contributed by atoms with Crippen molar-refractivity contribution >= 4 is 5.91 Å². The standard InChI is InChI=1S/C21H31NO6/c23-21(22-9-3-4-10-24-13-17-15-27-17)19-7-1-2-8-20(19)26-12-6-5-11-25-14-18-16-28-18/h1-2,7-8,17-18H,3-6,9-16H2,(H,22,23). The monoisotopic (exact) mass is 393 g/mol. The van der Waals surface area contributed by atoms with Gasteiger partial charge in [0, 0.05) is 19.8 Å². The van der Waals surface area contributed by atoms with E-state index in [1.165, 1.54) is 0 Å². The second-order valence-corrected chi connectivity index (χ2v) is 7.08. The van der Waals surface area contributed by atoms with Crippen LogP contribution in [0, 0.1) is 0 Å². The van der Waals surface area contributed by atoms with Crippen LogP contribution in [-0.2, 0) is 18.9 Å². The average molecular weight is 393 g/mol. The molecule has 2 atom stereocenters. The number of benzene rings is 1. The highest BCUT2D eigenvalue weighted by atomic mass is 16.6. The molecule has 2 heterocycles. The first-order chi connectivity index (χ1) is 13.8. The molecular formula is C21H31NO6. The number of ether oxygens (including phenoxy) is 5. The topological polar surface area (TPSA) is 81.9 Å². The maximum atomic E-state index is 12.4. The number of rotatable bonds is 16. The fourth-order valence-electron chi connectivity index (χ4n) is 2.65. The van der Waals surface area contributed by atoms with Crippen LogP contribution in [0.4, 0.5) is 0 Å². The summed E-state index contributed by atoms with van der Waals surface area (Å²) in [6.07, 6.45) is 4.22. The maximum absolute atomic E-state index is 12.4. The molecule has 7 nitrogen and oxygen atoms in total. The Labute approximate surface area is 166 Å². The highest BCUT2D eigenvalue weighted by molar-refractivity contribution is 5.96. The number of nitrogens with one attached hydrogen (secondary N) is 1. The molecule has 1 aromatic rings. The second-order valence-electron chi connectivity index (χ2n) is 7.08. The van der Waals surface area contributed by atoms with E-state index in [2.05, 4.69) is 5.32 Å². The van der Waals surface area contributed by atoms with Gasteiger partial charge in [0.25, 0.3) is 5.91 Å². The van der Waals surface area contributed by atoms with Crippen LogP contribution in [0.25, 0.3) is 0 Å². The Hall–Kier alpha value is -1.67. The molecule has 0 aromatic heterocycles. The van der Waals surface area contributed by atoms with E-state index in [0.29, 0.717) is 63.1 Å². The summed E-state index contributed by atoms with van der Waals surface area (Å²) in [4.78, 5) is 12.4. The summed E-state index contributed by atoms with van der Waals surface area (Å²) in [6, 6.07) is 7.36. The summed E-state index contributed by atoms with van der Waals surface area (Å²) >= 11 is 0. The Morgan fingerprint density at radius 1 is 0.929 bits per heavy atom. The van der Waals surface area contributed by atoms with Crippen molar-refractivity contribution < 1.29 is 28.5 Å². The molecule has 28 heavy (non-hydrogen) atoms. The molecule has 0 saturated carbocycles. The number of hydrogen-bond acceptors (Lipinski definition) is 6. The third-order valence-electron chi connectivity index (χ3n) is 4.49. The van der Waals surface area contributed by atoms with Crippen LogP contribution in [0.3, 0.4) is 0 Å². The van der Waals surface area contributed by atoms with E-state index in [1.54, 1.807) is 6.07 Å². The van der Waals surface area contributed by atoms with E-state index in [0.717, 1.165) is 38.9 Å². The quantitative estimate of drug-likeness (QED) is 0.342. The van der Waals surface area contributed by atoms with Crippen LogP contribution in [0.2, 0.25) is 0 Å². The summed E-state index contributed by atoms with van der Waals surface area (Å²) in [5, 5.41) is 2.96. The highest BCUT2D eigenvalue weighted by Gasteiger charge is 2.22. The van der Waals surface area contributed by atoms with Gasteiger partial charge in [-0.05, 0) is 37.8 Å². The van der Waals surface area contributed by atoms with Gasteiger partial charge in [0.2, 0.25) is 0 Å². The number of carbonyl (C=O) groups is 1. The molecule has 2 unspecified atom stereocenters. The number of amides is 1. The SMILES string of the molecule is O=C(NCCCCOCC1CO1)c1ccccc1OCCCCOCC1CO1.